The minimum atomic E-state index is 0.176. The first kappa shape index (κ1) is 17.0. The molecule has 0 spiro atoms. The molecule has 0 unspecified atom stereocenters. The van der Waals surface area contributed by atoms with Crippen LogP contribution in [0.25, 0.3) is 0 Å². The van der Waals surface area contributed by atoms with Crippen molar-refractivity contribution >= 4 is 5.69 Å². The number of anilines is 1. The van der Waals surface area contributed by atoms with Crippen LogP contribution >= 0.6 is 0 Å². The number of hydrogen-bond donors (Lipinski definition) is 1. The van der Waals surface area contributed by atoms with Crippen molar-refractivity contribution in [2.24, 2.45) is 5.41 Å². The Labute approximate surface area is 125 Å². The first-order valence-electron chi connectivity index (χ1n) is 7.53. The van der Waals surface area contributed by atoms with Gasteiger partial charge in [-0.3, -0.25) is 0 Å². The van der Waals surface area contributed by atoms with Crippen LogP contribution in [0.1, 0.15) is 45.7 Å². The zero-order valence-electron chi connectivity index (χ0n) is 14.6. The van der Waals surface area contributed by atoms with Crippen LogP contribution in [0.5, 0.6) is 0 Å². The molecule has 2 heteroatoms. The van der Waals surface area contributed by atoms with Crippen molar-refractivity contribution in [3.8, 4) is 0 Å². The molecule has 0 fully saturated rings. The lowest BCUT2D eigenvalue weighted by Crippen LogP contribution is -2.45. The molecule has 0 aliphatic carbocycles. The highest BCUT2D eigenvalue weighted by atomic mass is 15.1. The van der Waals surface area contributed by atoms with Gasteiger partial charge in [0.15, 0.2) is 0 Å². The molecule has 1 aromatic rings. The normalized spacial score (nSPS) is 12.6. The molecule has 0 bridgehead atoms. The van der Waals surface area contributed by atoms with Crippen molar-refractivity contribution in [3.05, 3.63) is 29.3 Å². The van der Waals surface area contributed by atoms with E-state index in [9.17, 15) is 0 Å². The highest BCUT2D eigenvalue weighted by Gasteiger charge is 2.23. The topological polar surface area (TPSA) is 15.3 Å². The SMILES string of the molecule is Cc1cc(C)cc(N(C)CC(C)(C)CNC(C)(C)C)c1. The second-order valence-electron chi connectivity index (χ2n) is 7.97. The third kappa shape index (κ3) is 5.96. The summed E-state index contributed by atoms with van der Waals surface area (Å²) < 4.78 is 0. The maximum atomic E-state index is 3.62. The summed E-state index contributed by atoms with van der Waals surface area (Å²) in [6.45, 7) is 17.7. The molecule has 0 aromatic heterocycles. The van der Waals surface area contributed by atoms with Gasteiger partial charge in [0.25, 0.3) is 0 Å². The van der Waals surface area contributed by atoms with Gasteiger partial charge in [-0.15, -0.1) is 0 Å². The van der Waals surface area contributed by atoms with Crippen LogP contribution in [0, 0.1) is 19.3 Å². The zero-order valence-corrected chi connectivity index (χ0v) is 14.6. The van der Waals surface area contributed by atoms with E-state index in [1.807, 2.05) is 0 Å². The summed E-state index contributed by atoms with van der Waals surface area (Å²) >= 11 is 0. The van der Waals surface area contributed by atoms with Crippen molar-refractivity contribution in [3.63, 3.8) is 0 Å². The van der Waals surface area contributed by atoms with Crippen molar-refractivity contribution in [1.29, 1.82) is 0 Å². The van der Waals surface area contributed by atoms with Crippen LogP contribution in [0.3, 0.4) is 0 Å². The molecule has 2 nitrogen and oxygen atoms in total. The standard InChI is InChI=1S/C18H32N2/c1-14-9-15(2)11-16(10-14)20(8)13-18(6,7)12-19-17(3,4)5/h9-11,19H,12-13H2,1-8H3. The summed E-state index contributed by atoms with van der Waals surface area (Å²) in [5, 5.41) is 3.62. The minimum Gasteiger partial charge on any atom is -0.374 e. The lowest BCUT2D eigenvalue weighted by Gasteiger charge is -2.35. The molecule has 0 aliphatic rings. The van der Waals surface area contributed by atoms with E-state index in [0.29, 0.717) is 0 Å². The number of nitrogens with one attached hydrogen (secondary N) is 1. The van der Waals surface area contributed by atoms with Crippen molar-refractivity contribution in [2.75, 3.05) is 25.0 Å². The lowest BCUT2D eigenvalue weighted by atomic mass is 9.91. The fourth-order valence-electron chi connectivity index (χ4n) is 2.46. The van der Waals surface area contributed by atoms with Gasteiger partial charge in [0.2, 0.25) is 0 Å². The molecule has 0 saturated heterocycles. The van der Waals surface area contributed by atoms with Crippen LogP contribution in [-0.2, 0) is 0 Å². The number of aryl methyl sites for hydroxylation is 2. The van der Waals surface area contributed by atoms with Crippen molar-refractivity contribution in [1.82, 2.24) is 5.32 Å². The second-order valence-corrected chi connectivity index (χ2v) is 7.97. The summed E-state index contributed by atoms with van der Waals surface area (Å²) in [5.41, 5.74) is 4.39. The summed E-state index contributed by atoms with van der Waals surface area (Å²) in [6, 6.07) is 6.75. The Hall–Kier alpha value is -1.02. The number of nitrogens with zero attached hydrogens (tertiary/aromatic N) is 1. The van der Waals surface area contributed by atoms with E-state index in [2.05, 4.69) is 83.9 Å². The Bertz CT molecular complexity index is 421. The van der Waals surface area contributed by atoms with Gasteiger partial charge >= 0.3 is 0 Å². The molecule has 1 rings (SSSR count). The smallest absolute Gasteiger partial charge is 0.0369 e. The molecule has 0 aliphatic heterocycles. The van der Waals surface area contributed by atoms with E-state index >= 15 is 0 Å². The molecule has 0 radical (unpaired) electrons. The first-order chi connectivity index (χ1) is 8.98. The molecule has 20 heavy (non-hydrogen) atoms. The van der Waals surface area contributed by atoms with Gasteiger partial charge in [0.05, 0.1) is 0 Å². The molecule has 0 saturated carbocycles. The van der Waals surface area contributed by atoms with Gasteiger partial charge in [-0.25, -0.2) is 0 Å². The monoisotopic (exact) mass is 276 g/mol. The van der Waals surface area contributed by atoms with Crippen LogP contribution in [0.2, 0.25) is 0 Å². The molecule has 0 heterocycles. The number of rotatable bonds is 5. The van der Waals surface area contributed by atoms with Gasteiger partial charge in [0, 0.05) is 31.4 Å². The maximum absolute atomic E-state index is 3.62. The fraction of sp³-hybridized carbons (Fsp3) is 0.667. The lowest BCUT2D eigenvalue weighted by molar-refractivity contribution is 0.295. The van der Waals surface area contributed by atoms with Gasteiger partial charge in [-0.05, 0) is 63.3 Å². The minimum absolute atomic E-state index is 0.176. The van der Waals surface area contributed by atoms with Crippen LogP contribution in [0.4, 0.5) is 5.69 Å². The zero-order chi connectivity index (χ0) is 15.6. The fourth-order valence-corrected chi connectivity index (χ4v) is 2.46. The van der Waals surface area contributed by atoms with Crippen molar-refractivity contribution < 1.29 is 0 Å². The first-order valence-corrected chi connectivity index (χ1v) is 7.53. The predicted molar refractivity (Wildman–Crippen MR) is 90.7 cm³/mol. The van der Waals surface area contributed by atoms with Gasteiger partial charge < -0.3 is 10.2 Å². The molecule has 1 N–H and O–H groups in total. The third-order valence-electron chi connectivity index (χ3n) is 3.41. The van der Waals surface area contributed by atoms with Crippen molar-refractivity contribution in [2.45, 2.75) is 54.0 Å². The molecule has 114 valence electrons. The van der Waals surface area contributed by atoms with Crippen LogP contribution < -0.4 is 10.2 Å². The van der Waals surface area contributed by atoms with E-state index < -0.39 is 0 Å². The molecule has 1 aromatic carbocycles. The Morgan fingerprint density at radius 3 is 1.90 bits per heavy atom. The molecular formula is C18H32N2. The highest BCUT2D eigenvalue weighted by Crippen LogP contribution is 2.23. The largest absolute Gasteiger partial charge is 0.374 e. The van der Waals surface area contributed by atoms with E-state index in [4.69, 9.17) is 0 Å². The van der Waals surface area contributed by atoms with Gasteiger partial charge in [-0.2, -0.15) is 0 Å². The summed E-state index contributed by atoms with van der Waals surface area (Å²) in [7, 11) is 2.19. The van der Waals surface area contributed by atoms with Crippen LogP contribution in [-0.4, -0.2) is 25.7 Å². The highest BCUT2D eigenvalue weighted by molar-refractivity contribution is 5.50. The molecule has 0 atom stereocenters. The summed E-state index contributed by atoms with van der Waals surface area (Å²) in [5.74, 6) is 0. The summed E-state index contributed by atoms with van der Waals surface area (Å²) in [4.78, 5) is 2.37. The average Bonchev–Trinajstić information content (AvgIpc) is 2.24. The Morgan fingerprint density at radius 2 is 1.45 bits per heavy atom. The van der Waals surface area contributed by atoms with E-state index in [1.165, 1.54) is 16.8 Å². The quantitative estimate of drug-likeness (QED) is 0.869. The number of benzene rings is 1. The Morgan fingerprint density at radius 1 is 0.950 bits per heavy atom. The third-order valence-corrected chi connectivity index (χ3v) is 3.41. The summed E-state index contributed by atoms with van der Waals surface area (Å²) in [6.07, 6.45) is 0. The van der Waals surface area contributed by atoms with Gasteiger partial charge in [-0.1, -0.05) is 19.9 Å². The molecular weight excluding hydrogens is 244 g/mol. The Kier molecular flexibility index (Phi) is 5.26. The average molecular weight is 276 g/mol. The van der Waals surface area contributed by atoms with E-state index in [0.717, 1.165) is 13.1 Å². The van der Waals surface area contributed by atoms with Crippen LogP contribution in [0.15, 0.2) is 18.2 Å². The number of hydrogen-bond acceptors (Lipinski definition) is 2. The van der Waals surface area contributed by atoms with E-state index in [-0.39, 0.29) is 11.0 Å². The maximum Gasteiger partial charge on any atom is 0.0369 e. The predicted octanol–water partition coefficient (Wildman–Crippen LogP) is 4.15. The second kappa shape index (κ2) is 6.17. The Balaban J connectivity index is 2.70. The van der Waals surface area contributed by atoms with Gasteiger partial charge in [0.1, 0.15) is 0 Å². The molecule has 0 amide bonds. The van der Waals surface area contributed by atoms with E-state index in [1.54, 1.807) is 0 Å².